The van der Waals surface area contributed by atoms with Crippen LogP contribution in [0.4, 0.5) is 0 Å². The van der Waals surface area contributed by atoms with Gasteiger partial charge in [0.25, 0.3) is 0 Å². The highest BCUT2D eigenvalue weighted by Crippen LogP contribution is 2.68. The van der Waals surface area contributed by atoms with Crippen molar-refractivity contribution in [1.82, 2.24) is 10.2 Å². The van der Waals surface area contributed by atoms with Gasteiger partial charge in [-0.15, -0.1) is 0 Å². The number of likely N-dealkylation sites (N-methyl/N-ethyl adjacent to an activating group) is 1. The molecule has 0 saturated heterocycles. The van der Waals surface area contributed by atoms with Crippen molar-refractivity contribution in [3.63, 3.8) is 0 Å². The van der Waals surface area contributed by atoms with E-state index in [1.54, 1.807) is 0 Å². The third-order valence-electron chi connectivity index (χ3n) is 11.4. The third-order valence-corrected chi connectivity index (χ3v) is 11.4. The molecule has 0 aromatic heterocycles. The van der Waals surface area contributed by atoms with Gasteiger partial charge in [0, 0.05) is 25.6 Å². The Balaban J connectivity index is 1.39. The second-order valence-electron chi connectivity index (χ2n) is 13.2. The Morgan fingerprint density at radius 3 is 2.48 bits per heavy atom. The molecule has 0 bridgehead atoms. The highest BCUT2D eigenvalue weighted by molar-refractivity contribution is 5.69. The minimum Gasteiger partial charge on any atom is -0.469 e. The summed E-state index contributed by atoms with van der Waals surface area (Å²) in [6.45, 7) is 10.0. The molecule has 4 nitrogen and oxygen atoms in total. The molecule has 0 aromatic rings. The van der Waals surface area contributed by atoms with Gasteiger partial charge in [0.05, 0.1) is 7.11 Å². The number of esters is 1. The van der Waals surface area contributed by atoms with Gasteiger partial charge in [0.2, 0.25) is 0 Å². The molecule has 9 atom stereocenters. The monoisotopic (exact) mass is 460 g/mol. The summed E-state index contributed by atoms with van der Waals surface area (Å²) in [5, 5.41) is 3.89. The molecule has 0 aromatic carbocycles. The fourth-order valence-corrected chi connectivity index (χ4v) is 9.56. The van der Waals surface area contributed by atoms with Gasteiger partial charge in [0.15, 0.2) is 0 Å². The van der Waals surface area contributed by atoms with Crippen molar-refractivity contribution in [2.24, 2.45) is 46.3 Å². The largest absolute Gasteiger partial charge is 0.469 e. The van der Waals surface area contributed by atoms with Crippen LogP contribution >= 0.6 is 0 Å². The fraction of sp³-hybridized carbons (Fsp3) is 0.966. The molecule has 4 aliphatic rings. The summed E-state index contributed by atoms with van der Waals surface area (Å²) in [6, 6.07) is 0.736. The molecule has 4 fully saturated rings. The van der Waals surface area contributed by atoms with Crippen LogP contribution in [0.3, 0.4) is 0 Å². The number of carbonyl (C=O) groups is 1. The third kappa shape index (κ3) is 4.90. The van der Waals surface area contributed by atoms with E-state index in [9.17, 15) is 4.79 Å². The van der Waals surface area contributed by atoms with Gasteiger partial charge in [-0.05, 0) is 125 Å². The van der Waals surface area contributed by atoms with Crippen molar-refractivity contribution in [3.05, 3.63) is 0 Å². The average Bonchev–Trinajstić information content (AvgIpc) is 3.14. The van der Waals surface area contributed by atoms with Crippen molar-refractivity contribution in [3.8, 4) is 0 Å². The van der Waals surface area contributed by atoms with Crippen molar-refractivity contribution >= 4 is 5.97 Å². The summed E-state index contributed by atoms with van der Waals surface area (Å²) in [5.41, 5.74) is 1.06. The first-order valence-corrected chi connectivity index (χ1v) is 14.1. The van der Waals surface area contributed by atoms with Gasteiger partial charge in [0.1, 0.15) is 0 Å². The molecule has 4 rings (SSSR count). The van der Waals surface area contributed by atoms with E-state index < -0.39 is 0 Å². The van der Waals surface area contributed by atoms with Crippen LogP contribution in [-0.4, -0.2) is 51.2 Å². The van der Waals surface area contributed by atoms with E-state index in [-0.39, 0.29) is 5.97 Å². The van der Waals surface area contributed by atoms with E-state index in [0.717, 1.165) is 55.1 Å². The fourth-order valence-electron chi connectivity index (χ4n) is 9.56. The second kappa shape index (κ2) is 10.2. The van der Waals surface area contributed by atoms with Gasteiger partial charge in [-0.1, -0.05) is 20.8 Å². The molecule has 0 radical (unpaired) electrons. The Morgan fingerprint density at radius 2 is 1.76 bits per heavy atom. The van der Waals surface area contributed by atoms with Gasteiger partial charge >= 0.3 is 5.97 Å². The summed E-state index contributed by atoms with van der Waals surface area (Å²) in [4.78, 5) is 14.0. The zero-order valence-electron chi connectivity index (χ0n) is 22.5. The Morgan fingerprint density at radius 1 is 1.03 bits per heavy atom. The van der Waals surface area contributed by atoms with Crippen LogP contribution in [0.5, 0.6) is 0 Å². The standard InChI is InChI=1S/C29H52N2O2/c1-20(7-12-27(32)33-6)24-10-11-25-23-9-8-21-19-22(30-17-18-31(4)5)13-15-28(21,2)26(23)14-16-29(24,25)3/h20-26,30H,7-19H2,1-6H3/t20-,21-,22?,23?,24?,25?,26?,28+,29-/m1/s1. The maximum atomic E-state index is 11.7. The molecule has 4 aliphatic carbocycles. The lowest BCUT2D eigenvalue weighted by molar-refractivity contribution is -0.141. The molecule has 33 heavy (non-hydrogen) atoms. The Bertz CT molecular complexity index is 681. The van der Waals surface area contributed by atoms with E-state index in [1.165, 1.54) is 64.9 Å². The smallest absolute Gasteiger partial charge is 0.305 e. The van der Waals surface area contributed by atoms with Crippen LogP contribution in [0, 0.1) is 46.3 Å². The second-order valence-corrected chi connectivity index (χ2v) is 13.2. The highest BCUT2D eigenvalue weighted by atomic mass is 16.5. The number of nitrogens with zero attached hydrogens (tertiary/aromatic N) is 1. The number of rotatable bonds is 8. The molecule has 0 aliphatic heterocycles. The van der Waals surface area contributed by atoms with Crippen LogP contribution < -0.4 is 5.32 Å². The van der Waals surface area contributed by atoms with Crippen LogP contribution in [0.2, 0.25) is 0 Å². The van der Waals surface area contributed by atoms with E-state index in [1.807, 2.05) is 0 Å². The van der Waals surface area contributed by atoms with Gasteiger partial charge < -0.3 is 15.0 Å². The van der Waals surface area contributed by atoms with Crippen molar-refractivity contribution in [2.75, 3.05) is 34.3 Å². The van der Waals surface area contributed by atoms with Gasteiger partial charge in [-0.3, -0.25) is 4.79 Å². The lowest BCUT2D eigenvalue weighted by Crippen LogP contribution is -2.55. The molecular formula is C29H52N2O2. The zero-order valence-corrected chi connectivity index (χ0v) is 22.5. The number of carbonyl (C=O) groups excluding carboxylic acids is 1. The minimum absolute atomic E-state index is 0.0386. The van der Waals surface area contributed by atoms with Crippen LogP contribution in [-0.2, 0) is 9.53 Å². The lowest BCUT2D eigenvalue weighted by atomic mass is 9.44. The Kier molecular flexibility index (Phi) is 7.85. The van der Waals surface area contributed by atoms with E-state index in [0.29, 0.717) is 23.2 Å². The van der Waals surface area contributed by atoms with Crippen molar-refractivity contribution < 1.29 is 9.53 Å². The predicted octanol–water partition coefficient (Wildman–Crippen LogP) is 5.75. The van der Waals surface area contributed by atoms with Crippen LogP contribution in [0.25, 0.3) is 0 Å². The minimum atomic E-state index is -0.0386. The first kappa shape index (κ1) is 25.5. The van der Waals surface area contributed by atoms with Gasteiger partial charge in [-0.25, -0.2) is 0 Å². The molecule has 0 amide bonds. The molecule has 1 N–H and O–H groups in total. The quantitative estimate of drug-likeness (QED) is 0.468. The first-order valence-electron chi connectivity index (χ1n) is 14.1. The Labute approximate surface area is 204 Å². The molecule has 0 heterocycles. The lowest BCUT2D eigenvalue weighted by Gasteiger charge is -2.61. The topological polar surface area (TPSA) is 41.6 Å². The molecule has 190 valence electrons. The maximum absolute atomic E-state index is 11.7. The normalized spacial score (nSPS) is 43.5. The number of hydrogen-bond acceptors (Lipinski definition) is 4. The average molecular weight is 461 g/mol. The van der Waals surface area contributed by atoms with Crippen LogP contribution in [0.15, 0.2) is 0 Å². The number of ether oxygens (including phenoxy) is 1. The highest BCUT2D eigenvalue weighted by Gasteiger charge is 2.60. The molecule has 0 spiro atoms. The van der Waals surface area contributed by atoms with E-state index >= 15 is 0 Å². The molecule has 4 heteroatoms. The summed E-state index contributed by atoms with van der Waals surface area (Å²) in [6.07, 6.45) is 14.4. The number of fused-ring (bicyclic) bond motifs is 5. The SMILES string of the molecule is COC(=O)CC[C@@H](C)C1CCC2C3CC[C@@H]4CC(NCCN(C)C)CC[C@]4(C)C3CC[C@@]21C. The summed E-state index contributed by atoms with van der Waals surface area (Å²) in [7, 11) is 5.86. The van der Waals surface area contributed by atoms with E-state index in [2.05, 4.69) is 45.1 Å². The van der Waals surface area contributed by atoms with Gasteiger partial charge in [-0.2, -0.15) is 0 Å². The summed E-state index contributed by atoms with van der Waals surface area (Å²) >= 11 is 0. The zero-order chi connectivity index (χ0) is 23.8. The molecular weight excluding hydrogens is 408 g/mol. The maximum Gasteiger partial charge on any atom is 0.305 e. The summed E-state index contributed by atoms with van der Waals surface area (Å²) < 4.78 is 4.92. The molecule has 4 saturated carbocycles. The van der Waals surface area contributed by atoms with Crippen LogP contribution in [0.1, 0.15) is 91.4 Å². The molecule has 5 unspecified atom stereocenters. The first-order chi connectivity index (χ1) is 15.7. The Hall–Kier alpha value is -0.610. The predicted molar refractivity (Wildman–Crippen MR) is 136 cm³/mol. The summed E-state index contributed by atoms with van der Waals surface area (Å²) in [5.74, 6) is 5.10. The van der Waals surface area contributed by atoms with Crippen molar-refractivity contribution in [2.45, 2.75) is 97.4 Å². The number of hydrogen-bond donors (Lipinski definition) is 1. The van der Waals surface area contributed by atoms with Crippen molar-refractivity contribution in [1.29, 1.82) is 0 Å². The number of nitrogens with one attached hydrogen (secondary N) is 1. The number of methoxy groups -OCH3 is 1. The van der Waals surface area contributed by atoms with E-state index in [4.69, 9.17) is 4.74 Å².